The molecular weight excluding hydrogens is 1000 g/mol. The van der Waals surface area contributed by atoms with Crippen molar-refractivity contribution in [1.29, 1.82) is 0 Å². The number of hydrogen-bond donors (Lipinski definition) is 4. The molecule has 0 bridgehead atoms. The van der Waals surface area contributed by atoms with Crippen LogP contribution in [0.5, 0.6) is 11.5 Å². The van der Waals surface area contributed by atoms with Crippen molar-refractivity contribution in [1.82, 2.24) is 0 Å². The van der Waals surface area contributed by atoms with Gasteiger partial charge in [-0.1, -0.05) is 211 Å². The van der Waals surface area contributed by atoms with Crippen molar-refractivity contribution in [2.24, 2.45) is 0 Å². The topological polar surface area (TPSA) is 87.4 Å². The predicted octanol–water partition coefficient (Wildman–Crippen LogP) is 19.1. The average Bonchev–Trinajstić information content (AvgIpc) is 3.52. The maximum absolute atomic E-state index is 12.1. The van der Waals surface area contributed by atoms with Gasteiger partial charge < -0.3 is 30.2 Å². The lowest BCUT2D eigenvalue weighted by molar-refractivity contribution is -0.0797. The summed E-state index contributed by atoms with van der Waals surface area (Å²) in [6.45, 7) is 8.83. The van der Waals surface area contributed by atoms with Gasteiger partial charge in [0.1, 0.15) is 11.5 Å². The van der Waals surface area contributed by atoms with Crippen LogP contribution in [0.1, 0.15) is 98.6 Å². The number of benzene rings is 10. The Kier molecular flexibility index (Phi) is 16.8. The van der Waals surface area contributed by atoms with Crippen LogP contribution in [0.15, 0.2) is 231 Å². The van der Waals surface area contributed by atoms with Gasteiger partial charge >= 0.3 is 0 Å². The fourth-order valence-corrected chi connectivity index (χ4v) is 12.6. The molecule has 412 valence electrons. The summed E-state index contributed by atoms with van der Waals surface area (Å²) in [5, 5.41) is 48.1. The van der Waals surface area contributed by atoms with Gasteiger partial charge in [0.25, 0.3) is 0 Å². The Labute approximate surface area is 484 Å². The van der Waals surface area contributed by atoms with E-state index in [2.05, 4.69) is 232 Å². The van der Waals surface area contributed by atoms with Crippen LogP contribution in [0.3, 0.4) is 0 Å². The predicted molar refractivity (Wildman–Crippen MR) is 341 cm³/mol. The van der Waals surface area contributed by atoms with Gasteiger partial charge in [0.2, 0.25) is 0 Å². The van der Waals surface area contributed by atoms with E-state index in [-0.39, 0.29) is 11.5 Å². The van der Waals surface area contributed by atoms with E-state index in [0.29, 0.717) is 11.1 Å². The van der Waals surface area contributed by atoms with Crippen LogP contribution in [0, 0.1) is 0 Å². The fourth-order valence-electron chi connectivity index (χ4n) is 12.6. The van der Waals surface area contributed by atoms with Crippen molar-refractivity contribution < 1.29 is 20.4 Å². The number of aryl methyl sites for hydroxylation is 4. The van der Waals surface area contributed by atoms with Crippen LogP contribution < -0.4 is 9.80 Å². The number of aromatic hydroxyl groups is 2. The average molecular weight is 1080 g/mol. The molecule has 0 amide bonds. The molecule has 1 saturated carbocycles. The van der Waals surface area contributed by atoms with Crippen molar-refractivity contribution in [3.8, 4) is 56.0 Å². The number of nitrogens with zero attached hydrogens (tertiary/aromatic N) is 2. The van der Waals surface area contributed by atoms with E-state index in [4.69, 9.17) is 0 Å². The first-order chi connectivity index (χ1) is 40.2. The molecule has 10 aromatic carbocycles. The van der Waals surface area contributed by atoms with E-state index >= 15 is 0 Å². The van der Waals surface area contributed by atoms with Crippen molar-refractivity contribution in [2.45, 2.75) is 103 Å². The smallest absolute Gasteiger partial charge is 0.121 e. The number of rotatable bonds is 20. The Hall–Kier alpha value is -8.68. The highest BCUT2D eigenvalue weighted by Gasteiger charge is 2.52. The number of aliphatic hydroxyl groups is 2. The van der Waals surface area contributed by atoms with Crippen LogP contribution in [0.2, 0.25) is 0 Å². The Bertz CT molecular complexity index is 3330. The summed E-state index contributed by atoms with van der Waals surface area (Å²) in [5.41, 5.74) is 20.7. The van der Waals surface area contributed by atoms with E-state index < -0.39 is 24.0 Å². The summed E-state index contributed by atoms with van der Waals surface area (Å²) in [7, 11) is 0. The number of phenols is 2. The van der Waals surface area contributed by atoms with Gasteiger partial charge in [-0.15, -0.1) is 0 Å². The quantitative estimate of drug-likeness (QED) is 0.0608. The third kappa shape index (κ3) is 11.2. The summed E-state index contributed by atoms with van der Waals surface area (Å²) in [6, 6.07) is 79.7. The maximum atomic E-state index is 12.1. The summed E-state index contributed by atoms with van der Waals surface area (Å²) in [6.07, 6.45) is 6.05. The fraction of sp³-hybridized carbons (Fsp3) is 0.211. The second-order valence-corrected chi connectivity index (χ2v) is 22.0. The minimum Gasteiger partial charge on any atom is -0.508 e. The SMILES string of the molecule is CCCc1ccccc1-c1ccc(N(c2ccc(-c3ccccc3CCC)cc2)c2ccc(C3C(O)C(c4ccc(N(c5ccc(-c6ccccc6CCC)cc5)c5ccc(-c6ccccc6CCC)cc5)cc4O)C3O)c(O)c2)cc1. The van der Waals surface area contributed by atoms with E-state index in [1.54, 1.807) is 12.1 Å². The van der Waals surface area contributed by atoms with Crippen LogP contribution in [-0.2, 0) is 25.7 Å². The lowest BCUT2D eigenvalue weighted by Gasteiger charge is -2.47. The molecule has 6 heteroatoms. The van der Waals surface area contributed by atoms with E-state index in [1.165, 1.54) is 44.5 Å². The van der Waals surface area contributed by atoms with E-state index in [0.717, 1.165) is 108 Å². The van der Waals surface area contributed by atoms with Gasteiger partial charge in [0, 0.05) is 69.2 Å². The Balaban J connectivity index is 0.889. The van der Waals surface area contributed by atoms with Crippen molar-refractivity contribution >= 4 is 34.1 Å². The second kappa shape index (κ2) is 25.0. The van der Waals surface area contributed by atoms with Gasteiger partial charge in [-0.3, -0.25) is 0 Å². The molecule has 0 aromatic heterocycles. The Morgan fingerprint density at radius 2 is 0.524 bits per heavy atom. The largest absolute Gasteiger partial charge is 0.508 e. The van der Waals surface area contributed by atoms with Crippen molar-refractivity contribution in [2.75, 3.05) is 9.80 Å². The molecule has 0 heterocycles. The van der Waals surface area contributed by atoms with Gasteiger partial charge in [0.05, 0.1) is 12.2 Å². The van der Waals surface area contributed by atoms with Crippen molar-refractivity contribution in [3.63, 3.8) is 0 Å². The van der Waals surface area contributed by atoms with E-state index in [9.17, 15) is 20.4 Å². The normalized spacial score (nSPS) is 15.7. The standard InChI is InChI=1S/C76H74N2O4/c1-5-17-51-21-9-13-25-65(51)55-29-37-59(38-30-55)77(60-39-31-56(32-40-60)66-26-14-10-22-52(66)18-6-2)63-45-47-69(71(79)49-63)73-75(81)74(76(73)82)70-48-46-64(50-72(70)80)78(61-41-33-57(34-42-61)67-27-15-11-23-53(67)19-7-3)62-43-35-58(36-44-62)68-28-16-12-24-54(68)20-8-4/h9-16,21-50,73-76,79-82H,5-8,17-20H2,1-4H3. The molecule has 1 aliphatic rings. The van der Waals surface area contributed by atoms with Gasteiger partial charge in [-0.05, 0) is 153 Å². The zero-order chi connectivity index (χ0) is 56.7. The first kappa shape index (κ1) is 55.2. The molecule has 6 nitrogen and oxygen atoms in total. The Morgan fingerprint density at radius 3 is 0.756 bits per heavy atom. The highest BCUT2D eigenvalue weighted by molar-refractivity contribution is 5.83. The molecule has 4 N–H and O–H groups in total. The van der Waals surface area contributed by atoms with Gasteiger partial charge in [-0.2, -0.15) is 0 Å². The molecule has 0 radical (unpaired) electrons. The van der Waals surface area contributed by atoms with Gasteiger partial charge in [-0.25, -0.2) is 0 Å². The van der Waals surface area contributed by atoms with E-state index in [1.807, 2.05) is 24.3 Å². The van der Waals surface area contributed by atoms with Crippen LogP contribution >= 0.6 is 0 Å². The molecule has 0 spiro atoms. The lowest BCUT2D eigenvalue weighted by atomic mass is 9.63. The first-order valence-corrected chi connectivity index (χ1v) is 29.5. The molecule has 82 heavy (non-hydrogen) atoms. The van der Waals surface area contributed by atoms with Crippen molar-refractivity contribution in [3.05, 3.63) is 264 Å². The number of anilines is 6. The maximum Gasteiger partial charge on any atom is 0.121 e. The third-order valence-corrected chi connectivity index (χ3v) is 16.6. The molecule has 1 aliphatic carbocycles. The highest BCUT2D eigenvalue weighted by Crippen LogP contribution is 2.54. The molecular formula is C76H74N2O4. The van der Waals surface area contributed by atoms with Crippen LogP contribution in [0.4, 0.5) is 34.1 Å². The molecule has 0 atom stereocenters. The zero-order valence-electron chi connectivity index (χ0n) is 47.6. The van der Waals surface area contributed by atoms with Crippen LogP contribution in [0.25, 0.3) is 44.5 Å². The zero-order valence-corrected chi connectivity index (χ0v) is 47.6. The minimum absolute atomic E-state index is 0.0331. The second-order valence-electron chi connectivity index (χ2n) is 22.0. The lowest BCUT2D eigenvalue weighted by Crippen LogP contribution is -2.51. The summed E-state index contributed by atoms with van der Waals surface area (Å²) < 4.78 is 0. The minimum atomic E-state index is -1.09. The highest BCUT2D eigenvalue weighted by atomic mass is 16.3. The molecule has 10 aromatic rings. The monoisotopic (exact) mass is 1080 g/mol. The first-order valence-electron chi connectivity index (χ1n) is 29.5. The molecule has 0 saturated heterocycles. The summed E-state index contributed by atoms with van der Waals surface area (Å²) in [4.78, 5) is 4.27. The molecule has 0 aliphatic heterocycles. The Morgan fingerprint density at radius 1 is 0.293 bits per heavy atom. The molecule has 0 unspecified atom stereocenters. The molecule has 11 rings (SSSR count). The van der Waals surface area contributed by atoms with Crippen LogP contribution in [-0.4, -0.2) is 32.6 Å². The number of hydrogen-bond acceptors (Lipinski definition) is 6. The summed E-state index contributed by atoms with van der Waals surface area (Å²) >= 11 is 0. The van der Waals surface area contributed by atoms with Gasteiger partial charge in [0.15, 0.2) is 0 Å². The molecule has 1 fully saturated rings. The number of phenolic OH excluding ortho intramolecular Hbond substituents is 2. The third-order valence-electron chi connectivity index (χ3n) is 16.6. The number of aliphatic hydroxyl groups excluding tert-OH is 2. The summed E-state index contributed by atoms with van der Waals surface area (Å²) in [5.74, 6) is -1.66.